The van der Waals surface area contributed by atoms with E-state index in [0.717, 1.165) is 40.7 Å². The van der Waals surface area contributed by atoms with Crippen LogP contribution >= 0.6 is 39.1 Å². The molecule has 1 heterocycles. The Labute approximate surface area is 274 Å². The van der Waals surface area contributed by atoms with Gasteiger partial charge in [-0.25, -0.2) is 0 Å². The first kappa shape index (κ1) is 32.2. The third kappa shape index (κ3) is 6.59. The van der Waals surface area contributed by atoms with Crippen LogP contribution in [0.15, 0.2) is 65.1 Å². The van der Waals surface area contributed by atoms with Crippen LogP contribution in [0, 0.1) is 0 Å². The lowest BCUT2D eigenvalue weighted by atomic mass is 9.96. The zero-order chi connectivity index (χ0) is 31.6. The number of aliphatic carboxylic acids is 1. The molecular weight excluding hydrogens is 669 g/mol. The number of benzene rings is 3. The molecule has 11 heteroatoms. The lowest BCUT2D eigenvalue weighted by Gasteiger charge is -2.24. The maximum atomic E-state index is 11.5. The summed E-state index contributed by atoms with van der Waals surface area (Å²) in [7, 11) is 1.46. The molecule has 5 rings (SSSR count). The van der Waals surface area contributed by atoms with Crippen LogP contribution in [-0.4, -0.2) is 46.5 Å². The van der Waals surface area contributed by atoms with E-state index in [4.69, 9.17) is 38.4 Å². The molecule has 0 aliphatic heterocycles. The van der Waals surface area contributed by atoms with E-state index in [1.54, 1.807) is 6.07 Å². The van der Waals surface area contributed by atoms with Crippen molar-refractivity contribution < 1.29 is 24.5 Å². The summed E-state index contributed by atoms with van der Waals surface area (Å²) in [5.74, 6) is -0.656. The Kier molecular flexibility index (Phi) is 9.84. The Balaban J connectivity index is 1.37. The van der Waals surface area contributed by atoms with E-state index in [1.165, 1.54) is 25.2 Å². The van der Waals surface area contributed by atoms with Crippen LogP contribution in [0.5, 0.6) is 11.8 Å². The fourth-order valence-electron chi connectivity index (χ4n) is 5.22. The van der Waals surface area contributed by atoms with E-state index in [9.17, 15) is 15.0 Å². The fraction of sp³-hybridized carbons (Fsp3) is 0.273. The lowest BCUT2D eigenvalue weighted by molar-refractivity contribution is -0.145. The molecule has 4 aromatic rings. The molecule has 0 saturated heterocycles. The fourth-order valence-corrected chi connectivity index (χ4v) is 6.31. The molecule has 8 nitrogen and oxygen atoms in total. The molecule has 1 aliphatic rings. The van der Waals surface area contributed by atoms with Crippen LogP contribution < -0.4 is 20.5 Å². The second-order valence-electron chi connectivity index (χ2n) is 11.0. The van der Waals surface area contributed by atoms with Crippen molar-refractivity contribution in [1.82, 2.24) is 10.3 Å². The molecular formula is C33H32BrCl2N3O5. The van der Waals surface area contributed by atoms with E-state index in [-0.39, 0.29) is 31.0 Å². The Bertz CT molecular complexity index is 1720. The Morgan fingerprint density at radius 1 is 1.02 bits per heavy atom. The monoisotopic (exact) mass is 699 g/mol. The number of aromatic nitrogens is 1. The van der Waals surface area contributed by atoms with E-state index in [0.29, 0.717) is 20.1 Å². The highest BCUT2D eigenvalue weighted by Crippen LogP contribution is 2.41. The van der Waals surface area contributed by atoms with Gasteiger partial charge < -0.3 is 25.4 Å². The van der Waals surface area contributed by atoms with Gasteiger partial charge in [0.2, 0.25) is 11.8 Å². The highest BCUT2D eigenvalue weighted by Gasteiger charge is 2.32. The number of aliphatic hydroxyl groups is 1. The SMILES string of the molecule is COc1nc(OCc2cccc(-c3cccc(-c4ccc5c(c4)C[C@@H](N)C5)c3Cl)c2Cl)c(Br)cc1CN[C@@](C)(CO)C(=O)O. The topological polar surface area (TPSA) is 127 Å². The number of carboxylic acid groups (broad SMARTS) is 1. The van der Waals surface area contributed by atoms with Crippen LogP contribution in [0.1, 0.15) is 29.2 Å². The number of fused-ring (bicyclic) bond motifs is 1. The quantitative estimate of drug-likeness (QED) is 0.141. The highest BCUT2D eigenvalue weighted by atomic mass is 79.9. The predicted molar refractivity (Wildman–Crippen MR) is 176 cm³/mol. The van der Waals surface area contributed by atoms with Gasteiger partial charge in [-0.05, 0) is 58.5 Å². The summed E-state index contributed by atoms with van der Waals surface area (Å²) in [6, 6.07) is 19.9. The van der Waals surface area contributed by atoms with Gasteiger partial charge in [0.15, 0.2) is 0 Å². The molecule has 0 bridgehead atoms. The number of carbonyl (C=O) groups is 1. The second-order valence-corrected chi connectivity index (χ2v) is 12.6. The number of methoxy groups -OCH3 is 1. The van der Waals surface area contributed by atoms with Crippen molar-refractivity contribution in [2.24, 2.45) is 5.73 Å². The second kappa shape index (κ2) is 13.4. The van der Waals surface area contributed by atoms with E-state index < -0.39 is 18.1 Å². The number of nitrogens with zero attached hydrogens (tertiary/aromatic N) is 1. The number of halogens is 3. The molecule has 5 N–H and O–H groups in total. The number of pyridine rings is 1. The minimum absolute atomic E-state index is 0.0884. The number of aliphatic hydroxyl groups excluding tert-OH is 1. The average Bonchev–Trinajstić information content (AvgIpc) is 3.39. The first-order valence-corrected chi connectivity index (χ1v) is 15.5. The normalized spacial score (nSPS) is 15.5. The van der Waals surface area contributed by atoms with Crippen molar-refractivity contribution in [2.45, 2.75) is 44.5 Å². The van der Waals surface area contributed by atoms with Gasteiger partial charge >= 0.3 is 5.97 Å². The summed E-state index contributed by atoms with van der Waals surface area (Å²) in [5.41, 5.74) is 12.1. The zero-order valence-electron chi connectivity index (χ0n) is 24.2. The van der Waals surface area contributed by atoms with Crippen LogP contribution in [0.2, 0.25) is 10.0 Å². The summed E-state index contributed by atoms with van der Waals surface area (Å²) in [6.45, 7) is 1.01. The number of hydrogen-bond acceptors (Lipinski definition) is 7. The molecule has 0 spiro atoms. The van der Waals surface area contributed by atoms with Crippen LogP contribution in [0.4, 0.5) is 0 Å². The number of rotatable bonds is 11. The molecule has 0 unspecified atom stereocenters. The van der Waals surface area contributed by atoms with Gasteiger partial charge in [0.05, 0.1) is 28.2 Å². The van der Waals surface area contributed by atoms with Crippen molar-refractivity contribution in [3.05, 3.63) is 97.4 Å². The largest absolute Gasteiger partial charge is 0.481 e. The summed E-state index contributed by atoms with van der Waals surface area (Å²) < 4.78 is 12.0. The molecule has 44 heavy (non-hydrogen) atoms. The summed E-state index contributed by atoms with van der Waals surface area (Å²) in [4.78, 5) is 16.0. The molecule has 0 amide bonds. The van der Waals surface area contributed by atoms with Gasteiger partial charge in [-0.2, -0.15) is 4.98 Å². The van der Waals surface area contributed by atoms with Crippen molar-refractivity contribution in [2.75, 3.05) is 13.7 Å². The number of hydrogen-bond donors (Lipinski definition) is 4. The number of nitrogens with one attached hydrogen (secondary N) is 1. The number of nitrogens with two attached hydrogens (primary N) is 1. The van der Waals surface area contributed by atoms with Crippen molar-refractivity contribution >= 4 is 45.1 Å². The third-order valence-electron chi connectivity index (χ3n) is 7.85. The van der Waals surface area contributed by atoms with Crippen LogP contribution in [0.3, 0.4) is 0 Å². The van der Waals surface area contributed by atoms with E-state index in [2.05, 4.69) is 44.4 Å². The van der Waals surface area contributed by atoms with Crippen molar-refractivity contribution in [3.63, 3.8) is 0 Å². The van der Waals surface area contributed by atoms with E-state index in [1.807, 2.05) is 36.4 Å². The highest BCUT2D eigenvalue weighted by molar-refractivity contribution is 9.10. The predicted octanol–water partition coefficient (Wildman–Crippen LogP) is 6.42. The van der Waals surface area contributed by atoms with Crippen molar-refractivity contribution in [1.29, 1.82) is 0 Å². The standard InChI is InChI=1S/C33H32BrCl2N3O5/c1-33(17-40,32(41)42)38-15-22-14-27(34)31(39-30(22)43-2)44-16-20-5-3-7-25(28(20)35)26-8-4-6-24(29(26)36)19-10-9-18-12-23(37)13-21(18)11-19/h3-11,14,23,38,40H,12-13,15-17,37H2,1-2H3,(H,41,42)/t23-,33-/m0/s1. The molecule has 3 aromatic carbocycles. The van der Waals surface area contributed by atoms with Gasteiger partial charge in [-0.1, -0.05) is 77.8 Å². The minimum Gasteiger partial charge on any atom is -0.481 e. The van der Waals surface area contributed by atoms with Gasteiger partial charge in [0.1, 0.15) is 12.1 Å². The van der Waals surface area contributed by atoms with Crippen molar-refractivity contribution in [3.8, 4) is 34.0 Å². The maximum absolute atomic E-state index is 11.5. The first-order valence-electron chi connectivity index (χ1n) is 13.9. The number of carboxylic acids is 1. The molecule has 0 saturated carbocycles. The molecule has 0 fully saturated rings. The lowest BCUT2D eigenvalue weighted by Crippen LogP contribution is -2.52. The molecule has 2 atom stereocenters. The van der Waals surface area contributed by atoms with Gasteiger partial charge in [-0.3, -0.25) is 10.1 Å². The summed E-state index contributed by atoms with van der Waals surface area (Å²) in [6.07, 6.45) is 1.75. The summed E-state index contributed by atoms with van der Waals surface area (Å²) >= 11 is 17.4. The Morgan fingerprint density at radius 3 is 2.41 bits per heavy atom. The van der Waals surface area contributed by atoms with E-state index >= 15 is 0 Å². The molecule has 230 valence electrons. The first-order chi connectivity index (χ1) is 21.0. The average molecular weight is 701 g/mol. The molecule has 1 aromatic heterocycles. The van der Waals surface area contributed by atoms with Gasteiger partial charge in [0.25, 0.3) is 0 Å². The summed E-state index contributed by atoms with van der Waals surface area (Å²) in [5, 5.41) is 22.9. The Hall–Kier alpha value is -3.18. The molecule has 1 aliphatic carbocycles. The maximum Gasteiger partial charge on any atom is 0.326 e. The number of ether oxygens (including phenoxy) is 2. The van der Waals surface area contributed by atoms with Crippen LogP contribution in [0.25, 0.3) is 22.3 Å². The smallest absolute Gasteiger partial charge is 0.326 e. The third-order valence-corrected chi connectivity index (χ3v) is 9.27. The minimum atomic E-state index is -1.52. The Morgan fingerprint density at radius 2 is 1.70 bits per heavy atom. The van der Waals surface area contributed by atoms with Gasteiger partial charge in [-0.15, -0.1) is 0 Å². The van der Waals surface area contributed by atoms with Gasteiger partial charge in [0, 0.05) is 40.4 Å². The molecule has 0 radical (unpaired) electrons. The zero-order valence-corrected chi connectivity index (χ0v) is 27.3. The van der Waals surface area contributed by atoms with Crippen LogP contribution in [-0.2, 0) is 30.8 Å².